The molecule has 188 valence electrons. The Bertz CT molecular complexity index is 1190. The van der Waals surface area contributed by atoms with E-state index in [-0.39, 0.29) is 41.6 Å². The van der Waals surface area contributed by atoms with Crippen LogP contribution in [0, 0.1) is 5.92 Å². The van der Waals surface area contributed by atoms with Gasteiger partial charge in [0.15, 0.2) is 5.78 Å². The number of sulfonamides is 1. The molecule has 35 heavy (non-hydrogen) atoms. The number of fused-ring (bicyclic) bond motifs is 1. The van der Waals surface area contributed by atoms with Gasteiger partial charge in [-0.25, -0.2) is 8.42 Å². The summed E-state index contributed by atoms with van der Waals surface area (Å²) in [6, 6.07) is 14.3. The molecule has 0 saturated carbocycles. The molecule has 2 unspecified atom stereocenters. The molecule has 0 N–H and O–H groups in total. The Labute approximate surface area is 207 Å². The van der Waals surface area contributed by atoms with E-state index in [0.717, 1.165) is 15.6 Å². The first kappa shape index (κ1) is 26.6. The number of Topliss-reactive ketones (excluding diaryl/α,β-unsaturated/α-hetero) is 1. The summed E-state index contributed by atoms with van der Waals surface area (Å²) in [7, 11) is -2.90. The number of methoxy groups -OCH3 is 1. The fraction of sp³-hybridized carbons (Fsp3) is 0.407. The van der Waals surface area contributed by atoms with Crippen LogP contribution in [0.15, 0.2) is 71.6 Å². The largest absolute Gasteiger partial charge is 0.492 e. The van der Waals surface area contributed by atoms with Gasteiger partial charge in [-0.15, -0.1) is 0 Å². The lowest BCUT2D eigenvalue weighted by Crippen LogP contribution is -2.47. The summed E-state index contributed by atoms with van der Waals surface area (Å²) in [6.07, 6.45) is 0.342. The molecule has 7 nitrogen and oxygen atoms in total. The summed E-state index contributed by atoms with van der Waals surface area (Å²) in [5.41, 5.74) is 0.481. The average molecular weight is 500 g/mol. The molecule has 0 radical (unpaired) electrons. The van der Waals surface area contributed by atoms with Gasteiger partial charge in [-0.3, -0.25) is 9.59 Å². The summed E-state index contributed by atoms with van der Waals surface area (Å²) >= 11 is 0. The van der Waals surface area contributed by atoms with Crippen LogP contribution in [0.3, 0.4) is 0 Å². The van der Waals surface area contributed by atoms with E-state index in [1.807, 2.05) is 45.0 Å². The highest BCUT2D eigenvalue weighted by Gasteiger charge is 2.41. The average Bonchev–Trinajstić information content (AvgIpc) is 3.17. The number of para-hydroxylation sites is 1. The van der Waals surface area contributed by atoms with Crippen LogP contribution in [-0.4, -0.2) is 50.8 Å². The Morgan fingerprint density at radius 1 is 1.11 bits per heavy atom. The van der Waals surface area contributed by atoms with Crippen molar-refractivity contribution < 1.29 is 27.5 Å². The Kier molecular flexibility index (Phi) is 8.18. The van der Waals surface area contributed by atoms with Gasteiger partial charge in [0.05, 0.1) is 18.6 Å². The number of ketones is 1. The van der Waals surface area contributed by atoms with Gasteiger partial charge in [-0.1, -0.05) is 63.7 Å². The SMILES string of the molecule is C=C(CN(C(CC(C)C)C(=O)OC)S(=O)(=O)c1ccccc1)C(=O)CC1(C)COc2ccccc21. The molecule has 0 fully saturated rings. The molecule has 0 amide bonds. The second-order valence-electron chi connectivity index (χ2n) is 9.58. The van der Waals surface area contributed by atoms with Crippen molar-refractivity contribution in [3.8, 4) is 5.75 Å². The molecule has 0 saturated heterocycles. The smallest absolute Gasteiger partial charge is 0.324 e. The Balaban J connectivity index is 1.91. The zero-order chi connectivity index (χ0) is 25.8. The summed E-state index contributed by atoms with van der Waals surface area (Å²) in [5, 5.41) is 0. The monoisotopic (exact) mass is 499 g/mol. The third kappa shape index (κ3) is 5.82. The van der Waals surface area contributed by atoms with Crippen molar-refractivity contribution in [3.63, 3.8) is 0 Å². The van der Waals surface area contributed by atoms with Crippen LogP contribution in [-0.2, 0) is 29.8 Å². The van der Waals surface area contributed by atoms with Crippen molar-refractivity contribution in [1.29, 1.82) is 0 Å². The van der Waals surface area contributed by atoms with Crippen LogP contribution >= 0.6 is 0 Å². The van der Waals surface area contributed by atoms with Gasteiger partial charge < -0.3 is 9.47 Å². The third-order valence-electron chi connectivity index (χ3n) is 6.24. The second kappa shape index (κ2) is 10.7. The van der Waals surface area contributed by atoms with Gasteiger partial charge in [-0.2, -0.15) is 4.31 Å². The van der Waals surface area contributed by atoms with Crippen LogP contribution in [0.2, 0.25) is 0 Å². The zero-order valence-corrected chi connectivity index (χ0v) is 21.5. The maximum atomic E-state index is 13.7. The summed E-state index contributed by atoms with van der Waals surface area (Å²) in [5.74, 6) is -0.218. The standard InChI is InChI=1S/C27H33NO6S/c1-19(2)15-23(26(30)33-5)28(35(31,32)21-11-7-6-8-12-21)17-20(3)24(29)16-27(4)18-34-25-14-10-9-13-22(25)27/h6-14,19,23H,3,15-18H2,1-2,4-5H3. The lowest BCUT2D eigenvalue weighted by atomic mass is 9.79. The summed E-state index contributed by atoms with van der Waals surface area (Å²) in [6.45, 7) is 9.68. The fourth-order valence-corrected chi connectivity index (χ4v) is 5.92. The molecule has 0 aliphatic carbocycles. The normalized spacial score (nSPS) is 18.1. The molecule has 0 spiro atoms. The zero-order valence-electron chi connectivity index (χ0n) is 20.7. The van der Waals surface area contributed by atoms with Gasteiger partial charge in [0.25, 0.3) is 0 Å². The number of nitrogens with zero attached hydrogens (tertiary/aromatic N) is 1. The number of esters is 1. The fourth-order valence-electron chi connectivity index (χ4n) is 4.31. The Morgan fingerprint density at radius 3 is 2.37 bits per heavy atom. The van der Waals surface area contributed by atoms with Gasteiger partial charge in [0.1, 0.15) is 11.8 Å². The van der Waals surface area contributed by atoms with Crippen molar-refractivity contribution in [3.05, 3.63) is 72.3 Å². The maximum Gasteiger partial charge on any atom is 0.324 e. The van der Waals surface area contributed by atoms with Gasteiger partial charge in [-0.05, 0) is 30.5 Å². The van der Waals surface area contributed by atoms with Crippen molar-refractivity contribution >= 4 is 21.8 Å². The number of benzene rings is 2. The molecule has 0 bridgehead atoms. The van der Waals surface area contributed by atoms with Gasteiger partial charge in [0, 0.05) is 29.5 Å². The first-order valence-corrected chi connectivity index (χ1v) is 13.0. The molecule has 1 aliphatic heterocycles. The van der Waals surface area contributed by atoms with E-state index in [0.29, 0.717) is 6.61 Å². The number of hydrogen-bond donors (Lipinski definition) is 0. The van der Waals surface area contributed by atoms with Crippen molar-refractivity contribution in [2.24, 2.45) is 5.92 Å². The topological polar surface area (TPSA) is 90.0 Å². The Hall–Kier alpha value is -2.97. The lowest BCUT2D eigenvalue weighted by Gasteiger charge is -2.31. The van der Waals surface area contributed by atoms with Crippen molar-refractivity contribution in [1.82, 2.24) is 4.31 Å². The van der Waals surface area contributed by atoms with E-state index in [9.17, 15) is 18.0 Å². The summed E-state index contributed by atoms with van der Waals surface area (Å²) in [4.78, 5) is 26.1. The minimum atomic E-state index is -4.13. The minimum Gasteiger partial charge on any atom is -0.492 e. The van der Waals surface area contributed by atoms with E-state index in [1.165, 1.54) is 19.2 Å². The molecular formula is C27H33NO6S. The molecule has 2 aromatic carbocycles. The first-order chi connectivity index (χ1) is 16.5. The minimum absolute atomic E-state index is 0.00240. The van der Waals surface area contributed by atoms with E-state index < -0.39 is 27.4 Å². The highest BCUT2D eigenvalue weighted by atomic mass is 32.2. The van der Waals surface area contributed by atoms with Crippen LogP contribution in [0.1, 0.15) is 39.2 Å². The highest BCUT2D eigenvalue weighted by molar-refractivity contribution is 7.89. The molecular weight excluding hydrogens is 466 g/mol. The van der Waals surface area contributed by atoms with Crippen molar-refractivity contribution in [2.75, 3.05) is 20.3 Å². The quantitative estimate of drug-likeness (QED) is 0.341. The third-order valence-corrected chi connectivity index (χ3v) is 8.11. The molecule has 2 aromatic rings. The summed E-state index contributed by atoms with van der Waals surface area (Å²) < 4.78 is 39.1. The number of carbonyl (C=O) groups excluding carboxylic acids is 2. The maximum absolute atomic E-state index is 13.7. The molecule has 0 aromatic heterocycles. The van der Waals surface area contributed by atoms with E-state index in [2.05, 4.69) is 6.58 Å². The van der Waals surface area contributed by atoms with E-state index in [1.54, 1.807) is 18.2 Å². The molecule has 1 heterocycles. The second-order valence-corrected chi connectivity index (χ2v) is 11.5. The molecule has 3 rings (SSSR count). The number of carbonyl (C=O) groups is 2. The van der Waals surface area contributed by atoms with Crippen molar-refractivity contribution in [2.45, 2.75) is 50.0 Å². The van der Waals surface area contributed by atoms with Crippen LogP contribution in [0.4, 0.5) is 0 Å². The first-order valence-electron chi connectivity index (χ1n) is 11.6. The van der Waals surface area contributed by atoms with Gasteiger partial charge >= 0.3 is 5.97 Å². The van der Waals surface area contributed by atoms with Gasteiger partial charge in [0.2, 0.25) is 10.0 Å². The number of rotatable bonds is 11. The predicted molar refractivity (Wildman–Crippen MR) is 134 cm³/mol. The predicted octanol–water partition coefficient (Wildman–Crippen LogP) is 4.13. The van der Waals surface area contributed by atoms with E-state index in [4.69, 9.17) is 9.47 Å². The molecule has 1 aliphatic rings. The highest BCUT2D eigenvalue weighted by Crippen LogP contribution is 2.41. The van der Waals surface area contributed by atoms with Crippen LogP contribution in [0.5, 0.6) is 5.75 Å². The number of ether oxygens (including phenoxy) is 2. The van der Waals surface area contributed by atoms with E-state index >= 15 is 0 Å². The molecule has 2 atom stereocenters. The van der Waals surface area contributed by atoms with Crippen LogP contribution in [0.25, 0.3) is 0 Å². The molecule has 8 heteroatoms. The lowest BCUT2D eigenvalue weighted by molar-refractivity contribution is -0.145. The Morgan fingerprint density at radius 2 is 1.74 bits per heavy atom. The number of hydrogen-bond acceptors (Lipinski definition) is 6. The van der Waals surface area contributed by atoms with Crippen LogP contribution < -0.4 is 4.74 Å².